The molecule has 3 aromatic carbocycles. The van der Waals surface area contributed by atoms with Gasteiger partial charge in [-0.2, -0.15) is 4.31 Å². The highest BCUT2D eigenvalue weighted by atomic mass is 32.2. The number of nitrogens with one attached hydrogen (secondary N) is 2. The number of hydrogen-bond acceptors (Lipinski definition) is 8. The molecule has 1 aliphatic carbocycles. The van der Waals surface area contributed by atoms with Crippen LogP contribution in [0.4, 0.5) is 13.6 Å². The normalized spacial score (nSPS) is 16.2. The summed E-state index contributed by atoms with van der Waals surface area (Å²) in [4.78, 5) is 27.3. The van der Waals surface area contributed by atoms with E-state index in [1.54, 1.807) is 19.1 Å². The van der Waals surface area contributed by atoms with E-state index in [2.05, 4.69) is 10.6 Å². The van der Waals surface area contributed by atoms with E-state index in [9.17, 15) is 37.0 Å². The van der Waals surface area contributed by atoms with Crippen molar-refractivity contribution in [3.63, 3.8) is 0 Å². The summed E-state index contributed by atoms with van der Waals surface area (Å²) in [6.45, 7) is 0.708. The van der Waals surface area contributed by atoms with Gasteiger partial charge in [0.05, 0.1) is 37.3 Å². The second-order valence-corrected chi connectivity index (χ2v) is 15.7. The van der Waals surface area contributed by atoms with Gasteiger partial charge >= 0.3 is 6.09 Å². The molecule has 0 bridgehead atoms. The van der Waals surface area contributed by atoms with Gasteiger partial charge in [0.2, 0.25) is 21.9 Å². The number of halogens is 2. The van der Waals surface area contributed by atoms with Gasteiger partial charge in [-0.05, 0) is 53.8 Å². The van der Waals surface area contributed by atoms with Crippen LogP contribution in [0.25, 0.3) is 0 Å². The predicted octanol–water partition coefficient (Wildman–Crippen LogP) is 5.74. The average molecular weight is 742 g/mol. The number of ether oxygens (including phenoxy) is 1. The molecule has 5 rings (SSSR count). The van der Waals surface area contributed by atoms with Crippen LogP contribution >= 0.6 is 11.3 Å². The summed E-state index contributed by atoms with van der Waals surface area (Å²) < 4.78 is 61.6. The largest absolute Gasteiger partial charge is 0.453 e. The van der Waals surface area contributed by atoms with Crippen molar-refractivity contribution in [2.75, 3.05) is 20.3 Å². The minimum atomic E-state index is -4.28. The third-order valence-electron chi connectivity index (χ3n) is 8.94. The van der Waals surface area contributed by atoms with Crippen LogP contribution in [0.1, 0.15) is 64.3 Å². The van der Waals surface area contributed by atoms with E-state index in [1.807, 2.05) is 60.7 Å². The number of aliphatic hydroxyl groups is 2. The Kier molecular flexibility index (Phi) is 12.2. The number of amides is 2. The first-order chi connectivity index (χ1) is 24.3. The summed E-state index contributed by atoms with van der Waals surface area (Å²) in [7, 11) is -3.08. The number of methoxy groups -OCH3 is 1. The van der Waals surface area contributed by atoms with E-state index in [4.69, 9.17) is 4.74 Å². The van der Waals surface area contributed by atoms with E-state index >= 15 is 0 Å². The fourth-order valence-electron chi connectivity index (χ4n) is 6.28. The van der Waals surface area contributed by atoms with Crippen molar-refractivity contribution in [2.45, 2.75) is 61.2 Å². The fourth-order valence-corrected chi connectivity index (χ4v) is 9.07. The number of sulfonamides is 1. The van der Waals surface area contributed by atoms with E-state index < -0.39 is 77.4 Å². The average Bonchev–Trinajstić information content (AvgIpc) is 3.58. The Hall–Kier alpha value is -4.21. The molecule has 3 atom stereocenters. The monoisotopic (exact) mass is 741 g/mol. The van der Waals surface area contributed by atoms with Crippen molar-refractivity contribution in [1.82, 2.24) is 14.9 Å². The van der Waals surface area contributed by atoms with Crippen molar-refractivity contribution in [1.29, 1.82) is 0 Å². The Morgan fingerprint density at radius 2 is 1.53 bits per heavy atom. The molecule has 51 heavy (non-hydrogen) atoms. The maximum Gasteiger partial charge on any atom is 0.407 e. The molecule has 0 aliphatic heterocycles. The lowest BCUT2D eigenvalue weighted by atomic mass is 9.81. The lowest BCUT2D eigenvalue weighted by Crippen LogP contribution is -2.50. The van der Waals surface area contributed by atoms with Gasteiger partial charge in [-0.25, -0.2) is 22.0 Å². The second kappa shape index (κ2) is 16.4. The van der Waals surface area contributed by atoms with Crippen molar-refractivity contribution in [3.8, 4) is 0 Å². The first-order valence-corrected chi connectivity index (χ1v) is 18.7. The smallest absolute Gasteiger partial charge is 0.407 e. The summed E-state index contributed by atoms with van der Waals surface area (Å²) in [5.41, 5.74) is 2.08. The first kappa shape index (κ1) is 38.0. The molecule has 0 saturated heterocycles. The summed E-state index contributed by atoms with van der Waals surface area (Å²) >= 11 is 1.16. The molecule has 1 aliphatic rings. The van der Waals surface area contributed by atoms with Crippen molar-refractivity contribution < 1.29 is 41.7 Å². The number of alkyl halides is 2. The predicted molar refractivity (Wildman–Crippen MR) is 189 cm³/mol. The molecule has 0 spiro atoms. The number of nitrogens with zero attached hydrogens (tertiary/aromatic N) is 1. The van der Waals surface area contributed by atoms with Crippen LogP contribution in [0.3, 0.4) is 0 Å². The molecule has 4 N–H and O–H groups in total. The Morgan fingerprint density at radius 1 is 0.941 bits per heavy atom. The summed E-state index contributed by atoms with van der Waals surface area (Å²) in [5.74, 6) is -4.55. The van der Waals surface area contributed by atoms with Gasteiger partial charge in [0.25, 0.3) is 0 Å². The lowest BCUT2D eigenvalue weighted by Gasteiger charge is -2.39. The zero-order chi connectivity index (χ0) is 36.8. The van der Waals surface area contributed by atoms with E-state index in [0.717, 1.165) is 26.8 Å². The van der Waals surface area contributed by atoms with Crippen molar-refractivity contribution >= 4 is 33.4 Å². The summed E-state index contributed by atoms with van der Waals surface area (Å²) in [6.07, 6.45) is -2.54. The summed E-state index contributed by atoms with van der Waals surface area (Å²) in [6, 6.07) is 25.3. The number of benzene rings is 3. The Labute approximate surface area is 300 Å². The fraction of sp³-hybridized carbons (Fsp3) is 0.351. The first-order valence-electron chi connectivity index (χ1n) is 16.4. The molecule has 1 aromatic heterocycles. The van der Waals surface area contributed by atoms with E-state index in [1.165, 1.54) is 31.4 Å². The number of carbonyl (C=O) groups excluding carboxylic acids is 2. The van der Waals surface area contributed by atoms with Gasteiger partial charge in [0.1, 0.15) is 6.04 Å². The molecular weight excluding hydrogens is 701 g/mol. The zero-order valence-corrected chi connectivity index (χ0v) is 29.7. The summed E-state index contributed by atoms with van der Waals surface area (Å²) in [5, 5.41) is 26.0. The topological polar surface area (TPSA) is 145 Å². The van der Waals surface area contributed by atoms with Gasteiger partial charge in [-0.3, -0.25) is 4.79 Å². The molecule has 1 unspecified atom stereocenters. The minimum Gasteiger partial charge on any atom is -0.453 e. The number of hydrogen-bond donors (Lipinski definition) is 4. The SMILES string of the molecule is COC(=O)N[C@H](C(=O)NCc1ccc([C@@H](CO)N(CC2CC(F)(F)C2)S(=O)(=O)c2ccc(C(C)O)cc2)s1)C(c1ccccc1)c1ccccc1. The molecule has 4 aromatic rings. The van der Waals surface area contributed by atoms with Crippen LogP contribution < -0.4 is 10.6 Å². The molecule has 1 heterocycles. The van der Waals surface area contributed by atoms with Gasteiger partial charge in [0.15, 0.2) is 0 Å². The van der Waals surface area contributed by atoms with Crippen LogP contribution in [0.2, 0.25) is 0 Å². The number of carbonyl (C=O) groups is 2. The van der Waals surface area contributed by atoms with Crippen molar-refractivity contribution in [2.24, 2.45) is 5.92 Å². The lowest BCUT2D eigenvalue weighted by molar-refractivity contribution is -0.123. The molecule has 1 saturated carbocycles. The van der Waals surface area contributed by atoms with E-state index in [0.29, 0.717) is 15.3 Å². The Bertz CT molecular complexity index is 1830. The Balaban J connectivity index is 1.39. The van der Waals surface area contributed by atoms with E-state index in [-0.39, 0.29) is 18.0 Å². The quantitative estimate of drug-likeness (QED) is 0.122. The minimum absolute atomic E-state index is 0.0136. The van der Waals surface area contributed by atoms with Gasteiger partial charge in [-0.1, -0.05) is 72.8 Å². The second-order valence-electron chi connectivity index (χ2n) is 12.6. The molecule has 272 valence electrons. The van der Waals surface area contributed by atoms with Crippen LogP contribution in [0.15, 0.2) is 102 Å². The highest BCUT2D eigenvalue weighted by Gasteiger charge is 2.48. The Morgan fingerprint density at radius 3 is 2.04 bits per heavy atom. The third kappa shape index (κ3) is 9.18. The molecule has 1 fully saturated rings. The maximum absolute atomic E-state index is 14.0. The van der Waals surface area contributed by atoms with Crippen molar-refractivity contribution in [3.05, 3.63) is 124 Å². The number of aliphatic hydroxyl groups excluding tert-OH is 2. The highest BCUT2D eigenvalue weighted by Crippen LogP contribution is 2.44. The molecule has 14 heteroatoms. The highest BCUT2D eigenvalue weighted by molar-refractivity contribution is 7.89. The van der Waals surface area contributed by atoms with Gasteiger partial charge in [0, 0.05) is 35.1 Å². The molecule has 10 nitrogen and oxygen atoms in total. The van der Waals surface area contributed by atoms with Crippen LogP contribution in [0.5, 0.6) is 0 Å². The van der Waals surface area contributed by atoms with Crippen LogP contribution in [0, 0.1) is 5.92 Å². The van der Waals surface area contributed by atoms with Gasteiger partial charge < -0.3 is 25.6 Å². The maximum atomic E-state index is 14.0. The number of alkyl carbamates (subject to hydrolysis) is 1. The zero-order valence-electron chi connectivity index (χ0n) is 28.1. The molecule has 0 radical (unpaired) electrons. The standard InChI is InChI=1S/C37H41F2N3O7S2/c1-24(44)26-13-16-30(17-14-26)51(47,48)42(22-25-19-37(38,39)20-25)31(23-43)32-18-15-29(50-32)21-40-35(45)34(41-36(46)49-2)33(27-9-5-3-6-10-27)28-11-7-4-8-12-28/h3-18,24-25,31,33-34,43-44H,19-23H2,1-2H3,(H,40,45)(H,41,46)/t24?,31-,34+/m1/s1. The van der Waals surface area contributed by atoms with Gasteiger partial charge in [-0.15, -0.1) is 11.3 Å². The number of thiophene rings is 1. The van der Waals surface area contributed by atoms with Crippen LogP contribution in [-0.2, 0) is 26.1 Å². The molecular formula is C37H41F2N3O7S2. The third-order valence-corrected chi connectivity index (χ3v) is 12.0. The molecule has 2 amide bonds. The number of rotatable bonds is 15. The van der Waals surface area contributed by atoms with Crippen LogP contribution in [-0.4, -0.2) is 67.2 Å².